The van der Waals surface area contributed by atoms with E-state index in [1.54, 1.807) is 0 Å². The Morgan fingerprint density at radius 3 is 2.48 bits per heavy atom. The zero-order chi connectivity index (χ0) is 18.2. The van der Waals surface area contributed by atoms with Crippen LogP contribution in [0.3, 0.4) is 0 Å². The van der Waals surface area contributed by atoms with Gasteiger partial charge in [0.05, 0.1) is 6.04 Å². The minimum Gasteiger partial charge on any atom is -0.483 e. The summed E-state index contributed by atoms with van der Waals surface area (Å²) in [6.45, 7) is 7.67. The minimum atomic E-state index is -0.111. The van der Waals surface area contributed by atoms with Crippen LogP contribution in [0.25, 0.3) is 0 Å². The molecule has 1 heterocycles. The van der Waals surface area contributed by atoms with Crippen LogP contribution in [-0.4, -0.2) is 36.4 Å². The van der Waals surface area contributed by atoms with Gasteiger partial charge in [0.15, 0.2) is 6.61 Å². The van der Waals surface area contributed by atoms with Crippen LogP contribution < -0.4 is 10.1 Å². The smallest absolute Gasteiger partial charge is 0.260 e. The van der Waals surface area contributed by atoms with Crippen molar-refractivity contribution in [2.45, 2.75) is 52.5 Å². The third-order valence-corrected chi connectivity index (χ3v) is 4.89. The lowest BCUT2D eigenvalue weighted by molar-refractivity contribution is -0.132. The number of rotatable bonds is 8. The van der Waals surface area contributed by atoms with Crippen LogP contribution in [-0.2, 0) is 9.59 Å². The predicted octanol–water partition coefficient (Wildman–Crippen LogP) is 3.30. The number of likely N-dealkylation sites (tertiary alicyclic amines) is 1. The number of amides is 2. The first kappa shape index (κ1) is 19.3. The number of benzene rings is 1. The maximum atomic E-state index is 12.3. The fourth-order valence-electron chi connectivity index (χ4n) is 3.00. The summed E-state index contributed by atoms with van der Waals surface area (Å²) < 4.78 is 5.82. The molecule has 0 radical (unpaired) electrons. The Labute approximate surface area is 150 Å². The quantitative estimate of drug-likeness (QED) is 0.786. The van der Waals surface area contributed by atoms with Crippen molar-refractivity contribution in [3.63, 3.8) is 0 Å². The Balaban J connectivity index is 2.04. The van der Waals surface area contributed by atoms with E-state index in [1.165, 1.54) is 0 Å². The van der Waals surface area contributed by atoms with Gasteiger partial charge < -0.3 is 15.0 Å². The van der Waals surface area contributed by atoms with Crippen LogP contribution >= 0.6 is 0 Å². The normalized spacial score (nSPS) is 16.4. The number of hydrogen-bond donors (Lipinski definition) is 1. The highest BCUT2D eigenvalue weighted by molar-refractivity contribution is 5.79. The number of carbonyl (C=O) groups is 2. The number of nitrogens with zero attached hydrogens (tertiary/aromatic N) is 1. The molecule has 2 amide bonds. The van der Waals surface area contributed by atoms with E-state index in [9.17, 15) is 9.59 Å². The monoisotopic (exact) mass is 346 g/mol. The van der Waals surface area contributed by atoms with Crippen LogP contribution in [0, 0.1) is 5.92 Å². The predicted molar refractivity (Wildman–Crippen MR) is 98.4 cm³/mol. The lowest BCUT2D eigenvalue weighted by Crippen LogP contribution is -2.34. The van der Waals surface area contributed by atoms with Gasteiger partial charge in [0.2, 0.25) is 5.91 Å². The van der Waals surface area contributed by atoms with Gasteiger partial charge in [-0.1, -0.05) is 39.0 Å². The van der Waals surface area contributed by atoms with E-state index in [4.69, 9.17) is 4.74 Å². The minimum absolute atomic E-state index is 0.0149. The van der Waals surface area contributed by atoms with Crippen molar-refractivity contribution in [2.24, 2.45) is 5.92 Å². The summed E-state index contributed by atoms with van der Waals surface area (Å²) in [4.78, 5) is 26.3. The van der Waals surface area contributed by atoms with Crippen molar-refractivity contribution >= 4 is 11.8 Å². The van der Waals surface area contributed by atoms with Gasteiger partial charge in [-0.05, 0) is 31.7 Å². The number of ether oxygens (including phenoxy) is 1. The Hall–Kier alpha value is -2.04. The molecule has 1 aliphatic heterocycles. The third-order valence-electron chi connectivity index (χ3n) is 4.89. The van der Waals surface area contributed by atoms with Gasteiger partial charge in [-0.3, -0.25) is 9.59 Å². The van der Waals surface area contributed by atoms with Crippen molar-refractivity contribution < 1.29 is 14.3 Å². The maximum absolute atomic E-state index is 12.3. The standard InChI is InChI=1S/C20H30N2O3/c1-4-15(3)20(24)21-17(5-2)16-10-6-7-11-18(16)25-14-19(23)22-12-8-9-13-22/h6-7,10-11,15,17H,4-5,8-9,12-14H2,1-3H3,(H,21,24)/t15-,17-/m1/s1. The number of hydrogen-bond acceptors (Lipinski definition) is 3. The summed E-state index contributed by atoms with van der Waals surface area (Å²) >= 11 is 0. The maximum Gasteiger partial charge on any atom is 0.260 e. The molecule has 1 aromatic rings. The first-order valence-corrected chi connectivity index (χ1v) is 9.36. The average Bonchev–Trinajstić information content (AvgIpc) is 3.18. The highest BCUT2D eigenvalue weighted by Crippen LogP contribution is 2.27. The molecule has 5 heteroatoms. The second-order valence-corrected chi connectivity index (χ2v) is 6.69. The molecule has 0 spiro atoms. The molecular formula is C20H30N2O3. The summed E-state index contributed by atoms with van der Waals surface area (Å²) in [7, 11) is 0. The molecule has 0 aliphatic carbocycles. The highest BCUT2D eigenvalue weighted by atomic mass is 16.5. The second-order valence-electron chi connectivity index (χ2n) is 6.69. The summed E-state index contributed by atoms with van der Waals surface area (Å²) in [5.41, 5.74) is 0.927. The van der Waals surface area contributed by atoms with E-state index in [0.717, 1.165) is 44.3 Å². The lowest BCUT2D eigenvalue weighted by Gasteiger charge is -2.23. The van der Waals surface area contributed by atoms with Crippen molar-refractivity contribution in [1.29, 1.82) is 0 Å². The molecule has 2 atom stereocenters. The second kappa shape index (κ2) is 9.44. The molecule has 2 rings (SSSR count). The molecule has 0 unspecified atom stereocenters. The van der Waals surface area contributed by atoms with E-state index < -0.39 is 0 Å². The number of nitrogens with one attached hydrogen (secondary N) is 1. The van der Waals surface area contributed by atoms with E-state index in [2.05, 4.69) is 5.32 Å². The van der Waals surface area contributed by atoms with E-state index in [1.807, 2.05) is 49.9 Å². The van der Waals surface area contributed by atoms with Crippen molar-refractivity contribution in [3.8, 4) is 5.75 Å². The molecule has 1 N–H and O–H groups in total. The van der Waals surface area contributed by atoms with Crippen LogP contribution in [0.15, 0.2) is 24.3 Å². The average molecular weight is 346 g/mol. The van der Waals surface area contributed by atoms with Crippen LogP contribution in [0.1, 0.15) is 58.1 Å². The van der Waals surface area contributed by atoms with Gasteiger partial charge in [0, 0.05) is 24.6 Å². The first-order chi connectivity index (χ1) is 12.1. The van der Waals surface area contributed by atoms with Crippen molar-refractivity contribution in [1.82, 2.24) is 10.2 Å². The summed E-state index contributed by atoms with van der Waals surface area (Å²) in [5.74, 6) is 0.742. The zero-order valence-corrected chi connectivity index (χ0v) is 15.6. The van der Waals surface area contributed by atoms with E-state index in [0.29, 0.717) is 5.75 Å². The van der Waals surface area contributed by atoms with Gasteiger partial charge in [0.1, 0.15) is 5.75 Å². The lowest BCUT2D eigenvalue weighted by atomic mass is 10.0. The van der Waals surface area contributed by atoms with Crippen LogP contribution in [0.4, 0.5) is 0 Å². The van der Waals surface area contributed by atoms with E-state index in [-0.39, 0.29) is 30.4 Å². The molecule has 5 nitrogen and oxygen atoms in total. The number of para-hydroxylation sites is 1. The molecule has 1 fully saturated rings. The van der Waals surface area contributed by atoms with Crippen molar-refractivity contribution in [2.75, 3.05) is 19.7 Å². The van der Waals surface area contributed by atoms with Gasteiger partial charge in [-0.25, -0.2) is 0 Å². The topological polar surface area (TPSA) is 58.6 Å². The Bertz CT molecular complexity index is 582. The van der Waals surface area contributed by atoms with E-state index >= 15 is 0 Å². The molecule has 25 heavy (non-hydrogen) atoms. The summed E-state index contributed by atoms with van der Waals surface area (Å²) in [6, 6.07) is 7.54. The molecule has 138 valence electrons. The first-order valence-electron chi connectivity index (χ1n) is 9.36. The highest BCUT2D eigenvalue weighted by Gasteiger charge is 2.21. The Kier molecular flexibility index (Phi) is 7.29. The molecule has 0 bridgehead atoms. The molecule has 0 saturated carbocycles. The molecular weight excluding hydrogens is 316 g/mol. The van der Waals surface area contributed by atoms with Gasteiger partial charge in [-0.15, -0.1) is 0 Å². The fraction of sp³-hybridized carbons (Fsp3) is 0.600. The molecule has 0 aromatic heterocycles. The Morgan fingerprint density at radius 1 is 1.16 bits per heavy atom. The van der Waals surface area contributed by atoms with Crippen LogP contribution in [0.2, 0.25) is 0 Å². The summed E-state index contributed by atoms with van der Waals surface area (Å²) in [5, 5.41) is 3.10. The Morgan fingerprint density at radius 2 is 1.84 bits per heavy atom. The van der Waals surface area contributed by atoms with Gasteiger partial charge in [-0.2, -0.15) is 0 Å². The van der Waals surface area contributed by atoms with Crippen molar-refractivity contribution in [3.05, 3.63) is 29.8 Å². The zero-order valence-electron chi connectivity index (χ0n) is 15.6. The fourth-order valence-corrected chi connectivity index (χ4v) is 3.00. The summed E-state index contributed by atoms with van der Waals surface area (Å²) in [6.07, 6.45) is 3.72. The van der Waals surface area contributed by atoms with Gasteiger partial charge >= 0.3 is 0 Å². The molecule has 1 aliphatic rings. The molecule has 1 aromatic carbocycles. The third kappa shape index (κ3) is 5.21. The largest absolute Gasteiger partial charge is 0.483 e. The molecule has 1 saturated heterocycles. The van der Waals surface area contributed by atoms with Gasteiger partial charge in [0.25, 0.3) is 5.91 Å². The van der Waals surface area contributed by atoms with Crippen LogP contribution in [0.5, 0.6) is 5.75 Å². The SMILES string of the molecule is CC[C@@H](C)C(=O)N[C@H](CC)c1ccccc1OCC(=O)N1CCCC1. The number of carbonyl (C=O) groups excluding carboxylic acids is 2.